The van der Waals surface area contributed by atoms with Crippen LogP contribution in [0.5, 0.6) is 0 Å². The van der Waals surface area contributed by atoms with E-state index in [1.54, 1.807) is 17.4 Å². The quantitative estimate of drug-likeness (QED) is 0.629. The van der Waals surface area contributed by atoms with E-state index in [0.29, 0.717) is 12.2 Å². The topological polar surface area (TPSA) is 64.3 Å². The number of aromatic amines is 1. The van der Waals surface area contributed by atoms with E-state index in [2.05, 4.69) is 50.4 Å². The molecule has 1 aliphatic heterocycles. The minimum atomic E-state index is -0.157. The third-order valence-electron chi connectivity index (χ3n) is 5.46. The zero-order chi connectivity index (χ0) is 20.1. The van der Waals surface area contributed by atoms with Gasteiger partial charge in [-0.05, 0) is 35.2 Å². The van der Waals surface area contributed by atoms with Gasteiger partial charge in [0.05, 0.1) is 10.6 Å². The summed E-state index contributed by atoms with van der Waals surface area (Å²) in [6.07, 6.45) is 0. The van der Waals surface area contributed by atoms with Crippen molar-refractivity contribution in [1.29, 1.82) is 0 Å². The zero-order valence-electron chi connectivity index (χ0n) is 16.7. The van der Waals surface area contributed by atoms with Crippen LogP contribution in [0.25, 0.3) is 10.6 Å². The highest BCUT2D eigenvalue weighted by Gasteiger charge is 2.17. The number of H-pyrrole nitrogens is 1. The van der Waals surface area contributed by atoms with Gasteiger partial charge in [0.25, 0.3) is 5.91 Å². The number of amides is 1. The van der Waals surface area contributed by atoms with Crippen molar-refractivity contribution in [2.75, 3.05) is 32.7 Å². The van der Waals surface area contributed by atoms with Gasteiger partial charge in [0, 0.05) is 39.3 Å². The van der Waals surface area contributed by atoms with Crippen molar-refractivity contribution in [2.45, 2.75) is 20.0 Å². The largest absolute Gasteiger partial charge is 0.347 e. The number of carbonyl (C=O) groups is 1. The minimum absolute atomic E-state index is 0.157. The van der Waals surface area contributed by atoms with Crippen molar-refractivity contribution >= 4 is 17.2 Å². The van der Waals surface area contributed by atoms with E-state index in [1.165, 1.54) is 5.56 Å². The molecular formula is C22H27N5OS. The molecule has 1 amide bonds. The van der Waals surface area contributed by atoms with Crippen LogP contribution >= 0.6 is 11.3 Å². The normalized spacial score (nSPS) is 15.5. The van der Waals surface area contributed by atoms with Gasteiger partial charge in [-0.15, -0.1) is 11.3 Å². The second-order valence-electron chi connectivity index (χ2n) is 7.31. The van der Waals surface area contributed by atoms with Crippen LogP contribution in [-0.4, -0.2) is 58.6 Å². The lowest BCUT2D eigenvalue weighted by Crippen LogP contribution is -2.45. The molecule has 3 heterocycles. The average Bonchev–Trinajstić information content (AvgIpc) is 3.45. The Bertz CT molecular complexity index is 928. The monoisotopic (exact) mass is 409 g/mol. The summed E-state index contributed by atoms with van der Waals surface area (Å²) < 4.78 is 0. The number of aromatic nitrogens is 2. The molecule has 0 saturated carbocycles. The Hall–Kier alpha value is -2.48. The third kappa shape index (κ3) is 4.93. The van der Waals surface area contributed by atoms with Gasteiger partial charge in [0.15, 0.2) is 5.69 Å². The highest BCUT2D eigenvalue weighted by atomic mass is 32.1. The molecular weight excluding hydrogens is 382 g/mol. The first-order valence-electron chi connectivity index (χ1n) is 10.1. The zero-order valence-corrected chi connectivity index (χ0v) is 17.5. The van der Waals surface area contributed by atoms with Gasteiger partial charge in [-0.2, -0.15) is 5.10 Å². The lowest BCUT2D eigenvalue weighted by Gasteiger charge is -2.34. The van der Waals surface area contributed by atoms with Gasteiger partial charge < -0.3 is 10.2 Å². The van der Waals surface area contributed by atoms with Crippen molar-refractivity contribution in [2.24, 2.45) is 0 Å². The van der Waals surface area contributed by atoms with Gasteiger partial charge in [-0.1, -0.05) is 37.3 Å². The summed E-state index contributed by atoms with van der Waals surface area (Å²) in [7, 11) is 0. The molecule has 6 nitrogen and oxygen atoms in total. The summed E-state index contributed by atoms with van der Waals surface area (Å²) in [4.78, 5) is 18.6. The third-order valence-corrected chi connectivity index (χ3v) is 6.36. The number of hydrogen-bond acceptors (Lipinski definition) is 5. The number of nitrogens with zero attached hydrogens (tertiary/aromatic N) is 3. The Balaban J connectivity index is 1.36. The van der Waals surface area contributed by atoms with Gasteiger partial charge >= 0.3 is 0 Å². The molecule has 1 fully saturated rings. The molecule has 0 aliphatic carbocycles. The predicted octanol–water partition coefficient (Wildman–Crippen LogP) is 3.21. The Labute approximate surface area is 175 Å². The van der Waals surface area contributed by atoms with E-state index in [1.807, 2.05) is 23.6 Å². The molecule has 2 N–H and O–H groups in total. The number of likely N-dealkylation sites (N-methyl/N-ethyl adjacent to an activating group) is 1. The van der Waals surface area contributed by atoms with Crippen LogP contribution in [0.15, 0.2) is 47.8 Å². The maximum atomic E-state index is 12.6. The van der Waals surface area contributed by atoms with E-state index in [4.69, 9.17) is 0 Å². The Morgan fingerprint density at radius 2 is 1.86 bits per heavy atom. The van der Waals surface area contributed by atoms with E-state index < -0.39 is 0 Å². The van der Waals surface area contributed by atoms with Crippen molar-refractivity contribution in [3.8, 4) is 10.6 Å². The predicted molar refractivity (Wildman–Crippen MR) is 117 cm³/mol. The molecule has 152 valence electrons. The van der Waals surface area contributed by atoms with Crippen LogP contribution in [0, 0.1) is 0 Å². The van der Waals surface area contributed by atoms with Crippen LogP contribution in [-0.2, 0) is 13.1 Å². The van der Waals surface area contributed by atoms with Crippen molar-refractivity contribution < 1.29 is 4.79 Å². The van der Waals surface area contributed by atoms with Crippen LogP contribution in [0.1, 0.15) is 28.5 Å². The molecule has 2 aromatic heterocycles. The Morgan fingerprint density at radius 1 is 1.10 bits per heavy atom. The number of rotatable bonds is 7. The molecule has 0 radical (unpaired) electrons. The van der Waals surface area contributed by atoms with E-state index in [0.717, 1.165) is 55.4 Å². The molecule has 0 atom stereocenters. The molecule has 0 unspecified atom stereocenters. The highest BCUT2D eigenvalue weighted by Crippen LogP contribution is 2.23. The van der Waals surface area contributed by atoms with Crippen LogP contribution in [0.4, 0.5) is 0 Å². The average molecular weight is 410 g/mol. The SMILES string of the molecule is CCN1CCN(Cc2ccccc2CNC(=O)c2cc(-c3cccs3)[nH]n2)CC1. The number of nitrogens with one attached hydrogen (secondary N) is 2. The van der Waals surface area contributed by atoms with E-state index in [-0.39, 0.29) is 5.91 Å². The van der Waals surface area contributed by atoms with E-state index >= 15 is 0 Å². The standard InChI is InChI=1S/C22H27N5OS/c1-2-26-9-11-27(12-10-26)16-18-7-4-3-6-17(18)15-23-22(28)20-14-19(24-25-20)21-8-5-13-29-21/h3-8,13-14H,2,9-12,15-16H2,1H3,(H,23,28)(H,24,25). The fourth-order valence-corrected chi connectivity index (χ4v) is 4.34. The lowest BCUT2D eigenvalue weighted by molar-refractivity contribution is 0.0945. The fraction of sp³-hybridized carbons (Fsp3) is 0.364. The highest BCUT2D eigenvalue weighted by molar-refractivity contribution is 7.13. The van der Waals surface area contributed by atoms with Crippen molar-refractivity contribution in [3.63, 3.8) is 0 Å². The molecule has 4 rings (SSSR count). The summed E-state index contributed by atoms with van der Waals surface area (Å²) in [5.74, 6) is -0.157. The Morgan fingerprint density at radius 3 is 2.59 bits per heavy atom. The number of carbonyl (C=O) groups excluding carboxylic acids is 1. The number of hydrogen-bond donors (Lipinski definition) is 2. The maximum Gasteiger partial charge on any atom is 0.272 e. The summed E-state index contributed by atoms with van der Waals surface area (Å²) in [6.45, 7) is 9.21. The summed E-state index contributed by atoms with van der Waals surface area (Å²) in [5, 5.41) is 12.2. The molecule has 1 saturated heterocycles. The van der Waals surface area contributed by atoms with Crippen molar-refractivity contribution in [3.05, 3.63) is 64.7 Å². The van der Waals surface area contributed by atoms with Gasteiger partial charge in [0.2, 0.25) is 0 Å². The summed E-state index contributed by atoms with van der Waals surface area (Å²) in [5.41, 5.74) is 3.73. The molecule has 0 spiro atoms. The van der Waals surface area contributed by atoms with Crippen LogP contribution < -0.4 is 5.32 Å². The maximum absolute atomic E-state index is 12.6. The first kappa shape index (κ1) is 19.8. The van der Waals surface area contributed by atoms with Gasteiger partial charge in [0.1, 0.15) is 0 Å². The Kier molecular flexibility index (Phi) is 6.39. The molecule has 1 aliphatic rings. The molecule has 3 aromatic rings. The molecule has 1 aromatic carbocycles. The second kappa shape index (κ2) is 9.35. The van der Waals surface area contributed by atoms with E-state index in [9.17, 15) is 4.79 Å². The number of benzene rings is 1. The first-order chi connectivity index (χ1) is 14.2. The van der Waals surface area contributed by atoms with Crippen LogP contribution in [0.3, 0.4) is 0 Å². The fourth-order valence-electron chi connectivity index (χ4n) is 3.65. The first-order valence-corrected chi connectivity index (χ1v) is 11.0. The van der Waals surface area contributed by atoms with Gasteiger partial charge in [-0.3, -0.25) is 14.8 Å². The number of thiophene rings is 1. The molecule has 7 heteroatoms. The minimum Gasteiger partial charge on any atom is -0.347 e. The lowest BCUT2D eigenvalue weighted by atomic mass is 10.1. The molecule has 29 heavy (non-hydrogen) atoms. The van der Waals surface area contributed by atoms with Crippen molar-refractivity contribution in [1.82, 2.24) is 25.3 Å². The number of piperazine rings is 1. The molecule has 0 bridgehead atoms. The second-order valence-corrected chi connectivity index (χ2v) is 8.25. The summed E-state index contributed by atoms with van der Waals surface area (Å²) >= 11 is 1.62. The van der Waals surface area contributed by atoms with Crippen LogP contribution in [0.2, 0.25) is 0 Å². The summed E-state index contributed by atoms with van der Waals surface area (Å²) in [6, 6.07) is 14.2. The van der Waals surface area contributed by atoms with Gasteiger partial charge in [-0.25, -0.2) is 0 Å². The smallest absolute Gasteiger partial charge is 0.272 e.